The molecule has 0 unspecified atom stereocenters. The maximum Gasteiger partial charge on any atom is 0.416 e. The minimum Gasteiger partial charge on any atom is -0.403 e. The molecule has 3 rings (SSSR count). The Labute approximate surface area is 174 Å². The van der Waals surface area contributed by atoms with Gasteiger partial charge >= 0.3 is 6.18 Å². The summed E-state index contributed by atoms with van der Waals surface area (Å²) in [5, 5.41) is 0. The Bertz CT molecular complexity index is 871. The normalized spacial score (nSPS) is 15.6. The summed E-state index contributed by atoms with van der Waals surface area (Å²) in [6.45, 7) is 5.41. The third-order valence-electron chi connectivity index (χ3n) is 5.35. The molecular formula is C21H27F3N6. The highest BCUT2D eigenvalue weighted by Gasteiger charge is 2.30. The molecule has 0 bridgehead atoms. The average Bonchev–Trinajstić information content (AvgIpc) is 2.73. The summed E-state index contributed by atoms with van der Waals surface area (Å²) in [6, 6.07) is 5.10. The van der Waals surface area contributed by atoms with Gasteiger partial charge in [0.2, 0.25) is 0 Å². The second-order valence-electron chi connectivity index (χ2n) is 7.25. The van der Waals surface area contributed by atoms with E-state index in [0.29, 0.717) is 25.2 Å². The monoisotopic (exact) mass is 420 g/mol. The highest BCUT2D eigenvalue weighted by Crippen LogP contribution is 2.31. The third-order valence-corrected chi connectivity index (χ3v) is 5.35. The number of nitrogens with zero attached hydrogens (tertiary/aromatic N) is 4. The number of alkyl halides is 3. The first kappa shape index (κ1) is 21.9. The number of piperazine rings is 1. The Balaban J connectivity index is 1.71. The molecule has 30 heavy (non-hydrogen) atoms. The van der Waals surface area contributed by atoms with Gasteiger partial charge in [0.15, 0.2) is 0 Å². The lowest BCUT2D eigenvalue weighted by Gasteiger charge is -2.38. The maximum atomic E-state index is 12.8. The van der Waals surface area contributed by atoms with Crippen molar-refractivity contribution in [3.05, 3.63) is 59.2 Å². The van der Waals surface area contributed by atoms with Crippen molar-refractivity contribution in [1.29, 1.82) is 0 Å². The number of aromatic nitrogens is 2. The molecular weight excluding hydrogens is 393 g/mol. The van der Waals surface area contributed by atoms with E-state index in [2.05, 4.69) is 19.8 Å². The van der Waals surface area contributed by atoms with Crippen molar-refractivity contribution in [1.82, 2.24) is 14.9 Å². The molecule has 1 aliphatic rings. The first-order valence-corrected chi connectivity index (χ1v) is 9.95. The van der Waals surface area contributed by atoms with Crippen LogP contribution in [0, 0.1) is 6.92 Å². The molecule has 2 aromatic rings. The molecule has 0 radical (unpaired) electrons. The van der Waals surface area contributed by atoms with Crippen LogP contribution >= 0.6 is 0 Å². The van der Waals surface area contributed by atoms with Gasteiger partial charge in [-0.3, -0.25) is 0 Å². The summed E-state index contributed by atoms with van der Waals surface area (Å²) in [4.78, 5) is 13.1. The van der Waals surface area contributed by atoms with Gasteiger partial charge in [-0.25, -0.2) is 9.97 Å². The van der Waals surface area contributed by atoms with E-state index in [1.54, 1.807) is 6.33 Å². The molecule has 2 heterocycles. The van der Waals surface area contributed by atoms with E-state index in [1.807, 2.05) is 6.92 Å². The van der Waals surface area contributed by atoms with Crippen LogP contribution in [0.4, 0.5) is 19.0 Å². The lowest BCUT2D eigenvalue weighted by Crippen LogP contribution is -2.46. The zero-order valence-electron chi connectivity index (χ0n) is 17.0. The second kappa shape index (κ2) is 9.34. The first-order valence-electron chi connectivity index (χ1n) is 9.95. The summed E-state index contributed by atoms with van der Waals surface area (Å²) in [7, 11) is 0. The molecule has 9 heteroatoms. The zero-order valence-corrected chi connectivity index (χ0v) is 17.0. The average molecular weight is 420 g/mol. The van der Waals surface area contributed by atoms with Crippen molar-refractivity contribution in [3.63, 3.8) is 0 Å². The number of anilines is 1. The Kier molecular flexibility index (Phi) is 6.81. The number of hydrogen-bond donors (Lipinski definition) is 2. The minimum atomic E-state index is -4.35. The largest absolute Gasteiger partial charge is 0.416 e. The molecule has 0 aliphatic carbocycles. The van der Waals surface area contributed by atoms with Crippen LogP contribution in [0.15, 0.2) is 36.8 Å². The van der Waals surface area contributed by atoms with E-state index >= 15 is 0 Å². The molecule has 6 nitrogen and oxygen atoms in total. The molecule has 0 spiro atoms. The van der Waals surface area contributed by atoms with E-state index in [9.17, 15) is 13.2 Å². The fourth-order valence-electron chi connectivity index (χ4n) is 3.71. The van der Waals surface area contributed by atoms with E-state index in [0.717, 1.165) is 60.8 Å². The molecule has 0 amide bonds. The maximum absolute atomic E-state index is 12.8. The molecule has 1 saturated heterocycles. The van der Waals surface area contributed by atoms with Gasteiger partial charge in [0.1, 0.15) is 12.1 Å². The first-order chi connectivity index (χ1) is 14.3. The fourth-order valence-corrected chi connectivity index (χ4v) is 3.71. The zero-order chi connectivity index (χ0) is 21.7. The van der Waals surface area contributed by atoms with Crippen molar-refractivity contribution in [3.8, 4) is 0 Å². The summed E-state index contributed by atoms with van der Waals surface area (Å²) in [6.07, 6.45) is 0.386. The SMILES string of the molecule is Cc1ncnc(N2CCN(/C(=C\N)c3ccc(C(F)(F)F)cc3)CC2)c1CCCN. The number of benzene rings is 1. The van der Waals surface area contributed by atoms with Crippen LogP contribution < -0.4 is 16.4 Å². The van der Waals surface area contributed by atoms with Gasteiger partial charge in [-0.1, -0.05) is 12.1 Å². The molecule has 1 aromatic heterocycles. The lowest BCUT2D eigenvalue weighted by molar-refractivity contribution is -0.137. The van der Waals surface area contributed by atoms with Crippen molar-refractivity contribution in [2.75, 3.05) is 37.6 Å². The van der Waals surface area contributed by atoms with Crippen molar-refractivity contribution in [2.45, 2.75) is 25.9 Å². The van der Waals surface area contributed by atoms with Gasteiger partial charge in [0.25, 0.3) is 0 Å². The summed E-state index contributed by atoms with van der Waals surface area (Å²) >= 11 is 0. The predicted molar refractivity (Wildman–Crippen MR) is 112 cm³/mol. The van der Waals surface area contributed by atoms with E-state index in [1.165, 1.54) is 18.3 Å². The molecule has 4 N–H and O–H groups in total. The number of nitrogens with two attached hydrogens (primary N) is 2. The highest BCUT2D eigenvalue weighted by atomic mass is 19.4. The Hall–Kier alpha value is -2.81. The van der Waals surface area contributed by atoms with Crippen LogP contribution in [0.2, 0.25) is 0 Å². The fraction of sp³-hybridized carbons (Fsp3) is 0.429. The third kappa shape index (κ3) is 4.84. The van der Waals surface area contributed by atoms with Gasteiger partial charge in [-0.2, -0.15) is 13.2 Å². The molecule has 1 fully saturated rings. The quantitative estimate of drug-likeness (QED) is 0.748. The van der Waals surface area contributed by atoms with Crippen LogP contribution in [-0.4, -0.2) is 47.6 Å². The molecule has 0 saturated carbocycles. The topological polar surface area (TPSA) is 84.3 Å². The van der Waals surface area contributed by atoms with Crippen LogP contribution in [0.25, 0.3) is 5.70 Å². The highest BCUT2D eigenvalue weighted by molar-refractivity contribution is 5.64. The molecule has 162 valence electrons. The predicted octanol–water partition coefficient (Wildman–Crippen LogP) is 2.77. The van der Waals surface area contributed by atoms with Crippen LogP contribution in [-0.2, 0) is 12.6 Å². The van der Waals surface area contributed by atoms with Crippen molar-refractivity contribution in [2.24, 2.45) is 11.5 Å². The Morgan fingerprint density at radius 3 is 2.33 bits per heavy atom. The van der Waals surface area contributed by atoms with Crippen molar-refractivity contribution < 1.29 is 13.2 Å². The number of aryl methyl sites for hydroxylation is 1. The van der Waals surface area contributed by atoms with Gasteiger partial charge in [0.05, 0.1) is 11.3 Å². The number of hydrogen-bond acceptors (Lipinski definition) is 6. The summed E-state index contributed by atoms with van der Waals surface area (Å²) in [5.74, 6) is 0.934. The second-order valence-corrected chi connectivity index (χ2v) is 7.25. The number of halogens is 3. The lowest BCUT2D eigenvalue weighted by atomic mass is 10.1. The molecule has 1 aromatic carbocycles. The van der Waals surface area contributed by atoms with Gasteiger partial charge < -0.3 is 21.3 Å². The van der Waals surface area contributed by atoms with Gasteiger partial charge in [0, 0.05) is 43.6 Å². The smallest absolute Gasteiger partial charge is 0.403 e. The Morgan fingerprint density at radius 2 is 1.77 bits per heavy atom. The van der Waals surface area contributed by atoms with E-state index in [-0.39, 0.29) is 0 Å². The molecule has 1 aliphatic heterocycles. The number of rotatable bonds is 6. The van der Waals surface area contributed by atoms with Gasteiger partial charge in [-0.15, -0.1) is 0 Å². The summed E-state index contributed by atoms with van der Waals surface area (Å²) < 4.78 is 38.5. The Morgan fingerprint density at radius 1 is 1.10 bits per heavy atom. The van der Waals surface area contributed by atoms with Crippen LogP contribution in [0.3, 0.4) is 0 Å². The molecule has 0 atom stereocenters. The van der Waals surface area contributed by atoms with E-state index in [4.69, 9.17) is 11.5 Å². The van der Waals surface area contributed by atoms with E-state index < -0.39 is 11.7 Å². The van der Waals surface area contributed by atoms with Crippen LogP contribution in [0.1, 0.15) is 28.8 Å². The van der Waals surface area contributed by atoms with Crippen molar-refractivity contribution >= 4 is 11.5 Å². The van der Waals surface area contributed by atoms with Crippen LogP contribution in [0.5, 0.6) is 0 Å². The summed E-state index contributed by atoms with van der Waals surface area (Å²) in [5.41, 5.74) is 14.3. The van der Waals surface area contributed by atoms with Gasteiger partial charge in [-0.05, 0) is 44.0 Å². The minimum absolute atomic E-state index is 0.610. The standard InChI is InChI=1S/C21H27F3N6/c1-15-18(3-2-8-25)20(28-14-27-15)30-11-9-29(10-12-30)19(13-26)16-4-6-17(7-5-16)21(22,23)24/h4-7,13-14H,2-3,8-12,25-26H2,1H3/b19-13-.